The highest BCUT2D eigenvalue weighted by Gasteiger charge is 2.61. The Labute approximate surface area is 114 Å². The molecule has 1 aromatic carbocycles. The summed E-state index contributed by atoms with van der Waals surface area (Å²) in [5.74, 6) is 0.301. The fourth-order valence-corrected chi connectivity index (χ4v) is 4.59. The van der Waals surface area contributed by atoms with Crippen LogP contribution in [-0.2, 0) is 10.2 Å². The lowest BCUT2D eigenvalue weighted by atomic mass is 9.64. The number of nitrogens with one attached hydrogen (secondary N) is 1. The van der Waals surface area contributed by atoms with Gasteiger partial charge in [0.15, 0.2) is 5.78 Å². The predicted octanol–water partition coefficient (Wildman–Crippen LogP) is 2.21. The molecule has 1 saturated carbocycles. The second-order valence-corrected chi connectivity index (χ2v) is 6.40. The molecule has 3 aliphatic rings. The van der Waals surface area contributed by atoms with Crippen molar-refractivity contribution in [3.63, 3.8) is 0 Å². The van der Waals surface area contributed by atoms with Gasteiger partial charge in [-0.3, -0.25) is 10.1 Å². The Balaban J connectivity index is 1.95. The molecule has 1 N–H and O–H groups in total. The molecule has 19 heavy (non-hydrogen) atoms. The average Bonchev–Trinajstić information content (AvgIpc) is 2.66. The third-order valence-corrected chi connectivity index (χ3v) is 5.54. The van der Waals surface area contributed by atoms with Crippen molar-refractivity contribution in [1.29, 1.82) is 0 Å². The summed E-state index contributed by atoms with van der Waals surface area (Å²) in [6.45, 7) is 3.48. The zero-order valence-electron chi connectivity index (χ0n) is 11.4. The van der Waals surface area contributed by atoms with Gasteiger partial charge in [0.05, 0.1) is 13.1 Å². The molecule has 0 bridgehead atoms. The van der Waals surface area contributed by atoms with Crippen molar-refractivity contribution in [2.75, 3.05) is 18.0 Å². The molecule has 3 heteroatoms. The van der Waals surface area contributed by atoms with Crippen molar-refractivity contribution < 1.29 is 4.79 Å². The number of anilines is 1. The number of ketones is 1. The summed E-state index contributed by atoms with van der Waals surface area (Å²) < 4.78 is 0. The molecule has 1 aromatic rings. The molecule has 0 radical (unpaired) electrons. The monoisotopic (exact) mass is 256 g/mol. The molecular formula is C16H20N2O. The fourth-order valence-electron chi connectivity index (χ4n) is 4.59. The lowest BCUT2D eigenvalue weighted by Crippen LogP contribution is -2.72. The van der Waals surface area contributed by atoms with Gasteiger partial charge < -0.3 is 4.90 Å². The topological polar surface area (TPSA) is 32.3 Å². The van der Waals surface area contributed by atoms with Crippen LogP contribution in [0.2, 0.25) is 0 Å². The van der Waals surface area contributed by atoms with Crippen LogP contribution < -0.4 is 10.2 Å². The predicted molar refractivity (Wildman–Crippen MR) is 75.3 cm³/mol. The molecule has 4 rings (SSSR count). The van der Waals surface area contributed by atoms with Crippen LogP contribution in [0.25, 0.3) is 0 Å². The summed E-state index contributed by atoms with van der Waals surface area (Å²) in [4.78, 5) is 14.2. The molecule has 2 heterocycles. The summed E-state index contributed by atoms with van der Waals surface area (Å²) in [5, 5.41) is 3.61. The maximum absolute atomic E-state index is 11.9. The van der Waals surface area contributed by atoms with Gasteiger partial charge in [-0.25, -0.2) is 0 Å². The largest absolute Gasteiger partial charge is 0.345 e. The first-order valence-electron chi connectivity index (χ1n) is 7.31. The van der Waals surface area contributed by atoms with Crippen LogP contribution in [0.3, 0.4) is 0 Å². The number of fused-ring (bicyclic) bond motifs is 3. The van der Waals surface area contributed by atoms with Gasteiger partial charge in [0.25, 0.3) is 0 Å². The molecule has 2 atom stereocenters. The standard InChI is InChI=1S/C16H20N2O/c1-15-8-4-5-9-16(15)17-10-12(19)11-18(16)14-7-3-2-6-13(14)15/h2-3,6-7,17H,4-5,8-11H2,1H3/t15-,16+/m0/s1. The fraction of sp³-hybridized carbons (Fsp3) is 0.562. The molecule has 2 fully saturated rings. The molecule has 0 amide bonds. The molecule has 0 aromatic heterocycles. The van der Waals surface area contributed by atoms with Gasteiger partial charge in [-0.2, -0.15) is 0 Å². The van der Waals surface area contributed by atoms with Gasteiger partial charge in [-0.1, -0.05) is 31.5 Å². The number of hydrogen-bond donors (Lipinski definition) is 1. The number of carbonyl (C=O) groups excluding carboxylic acids is 1. The second-order valence-electron chi connectivity index (χ2n) is 6.40. The highest BCUT2D eigenvalue weighted by molar-refractivity contribution is 5.89. The maximum Gasteiger partial charge on any atom is 0.165 e. The molecule has 3 nitrogen and oxygen atoms in total. The van der Waals surface area contributed by atoms with Crippen LogP contribution in [0, 0.1) is 0 Å². The van der Waals surface area contributed by atoms with E-state index in [9.17, 15) is 4.79 Å². The number of nitrogens with zero attached hydrogens (tertiary/aromatic N) is 1. The van der Waals surface area contributed by atoms with E-state index in [2.05, 4.69) is 41.4 Å². The minimum Gasteiger partial charge on any atom is -0.345 e. The van der Waals surface area contributed by atoms with Crippen molar-refractivity contribution >= 4 is 11.5 Å². The van der Waals surface area contributed by atoms with E-state index in [1.807, 2.05) is 0 Å². The van der Waals surface area contributed by atoms with Crippen LogP contribution >= 0.6 is 0 Å². The summed E-state index contributed by atoms with van der Waals surface area (Å²) in [6, 6.07) is 8.66. The Hall–Kier alpha value is -1.35. The van der Waals surface area contributed by atoms with E-state index in [0.717, 1.165) is 6.42 Å². The van der Waals surface area contributed by atoms with E-state index in [-0.39, 0.29) is 11.1 Å². The summed E-state index contributed by atoms with van der Waals surface area (Å²) in [6.07, 6.45) is 4.89. The Bertz CT molecular complexity index is 555. The first-order valence-corrected chi connectivity index (χ1v) is 7.31. The normalized spacial score (nSPS) is 36.7. The van der Waals surface area contributed by atoms with Crippen molar-refractivity contribution in [3.8, 4) is 0 Å². The van der Waals surface area contributed by atoms with E-state index in [1.54, 1.807) is 0 Å². The third kappa shape index (κ3) is 1.24. The first-order chi connectivity index (χ1) is 9.17. The molecule has 1 aliphatic carbocycles. The Morgan fingerprint density at radius 3 is 2.89 bits per heavy atom. The maximum atomic E-state index is 11.9. The molecule has 100 valence electrons. The van der Waals surface area contributed by atoms with Crippen LogP contribution in [0.5, 0.6) is 0 Å². The van der Waals surface area contributed by atoms with Gasteiger partial charge >= 0.3 is 0 Å². The number of Topliss-reactive ketones (excluding diaryl/α,β-unsaturated/α-hetero) is 1. The van der Waals surface area contributed by atoms with E-state index in [1.165, 1.54) is 30.5 Å². The van der Waals surface area contributed by atoms with Crippen LogP contribution in [0.1, 0.15) is 38.2 Å². The van der Waals surface area contributed by atoms with Gasteiger partial charge in [0.1, 0.15) is 5.66 Å². The Morgan fingerprint density at radius 1 is 1.21 bits per heavy atom. The highest BCUT2D eigenvalue weighted by Crippen LogP contribution is 2.57. The highest BCUT2D eigenvalue weighted by atomic mass is 16.1. The molecule has 0 unspecified atom stereocenters. The number of carbonyl (C=O) groups is 1. The Morgan fingerprint density at radius 2 is 2.00 bits per heavy atom. The molecule has 1 saturated heterocycles. The second kappa shape index (κ2) is 3.60. The van der Waals surface area contributed by atoms with E-state index in [0.29, 0.717) is 18.9 Å². The number of para-hydroxylation sites is 1. The van der Waals surface area contributed by atoms with E-state index < -0.39 is 0 Å². The van der Waals surface area contributed by atoms with Crippen LogP contribution in [-0.4, -0.2) is 24.5 Å². The van der Waals surface area contributed by atoms with Gasteiger partial charge in [-0.15, -0.1) is 0 Å². The van der Waals surface area contributed by atoms with Crippen LogP contribution in [0.15, 0.2) is 24.3 Å². The molecular weight excluding hydrogens is 236 g/mol. The van der Waals surface area contributed by atoms with E-state index in [4.69, 9.17) is 0 Å². The van der Waals surface area contributed by atoms with Gasteiger partial charge in [0.2, 0.25) is 0 Å². The lowest BCUT2D eigenvalue weighted by Gasteiger charge is -2.54. The zero-order valence-corrected chi connectivity index (χ0v) is 11.4. The van der Waals surface area contributed by atoms with Crippen molar-refractivity contribution in [2.45, 2.75) is 43.7 Å². The van der Waals surface area contributed by atoms with E-state index >= 15 is 0 Å². The van der Waals surface area contributed by atoms with Crippen molar-refractivity contribution in [3.05, 3.63) is 29.8 Å². The summed E-state index contributed by atoms with van der Waals surface area (Å²) in [5.41, 5.74) is 2.81. The minimum absolute atomic E-state index is 0.0250. The van der Waals surface area contributed by atoms with Gasteiger partial charge in [-0.05, 0) is 30.9 Å². The van der Waals surface area contributed by atoms with Crippen molar-refractivity contribution in [2.24, 2.45) is 0 Å². The van der Waals surface area contributed by atoms with Crippen LogP contribution in [0.4, 0.5) is 5.69 Å². The minimum atomic E-state index is -0.0250. The molecule has 2 aliphatic heterocycles. The summed E-state index contributed by atoms with van der Waals surface area (Å²) in [7, 11) is 0. The van der Waals surface area contributed by atoms with Crippen molar-refractivity contribution in [1.82, 2.24) is 5.32 Å². The lowest BCUT2D eigenvalue weighted by molar-refractivity contribution is -0.119. The number of benzene rings is 1. The molecule has 1 spiro atoms. The number of hydrogen-bond acceptors (Lipinski definition) is 3. The quantitative estimate of drug-likeness (QED) is 0.772. The SMILES string of the molecule is C[C@@]12CCCC[C@]13NCC(=O)CN3c1ccccc12. The smallest absolute Gasteiger partial charge is 0.165 e. The average molecular weight is 256 g/mol. The summed E-state index contributed by atoms with van der Waals surface area (Å²) >= 11 is 0. The van der Waals surface area contributed by atoms with Gasteiger partial charge in [0, 0.05) is 11.1 Å². The number of rotatable bonds is 0. The first kappa shape index (κ1) is 11.5. The Kier molecular flexibility index (Phi) is 2.17. The zero-order chi connectivity index (χ0) is 13.1. The third-order valence-electron chi connectivity index (χ3n) is 5.54.